The zero-order valence-corrected chi connectivity index (χ0v) is 23.6. The van der Waals surface area contributed by atoms with E-state index in [0.717, 1.165) is 11.1 Å². The summed E-state index contributed by atoms with van der Waals surface area (Å²) in [4.78, 5) is 50.1. The highest BCUT2D eigenvalue weighted by molar-refractivity contribution is 8.26. The van der Waals surface area contributed by atoms with Crippen molar-refractivity contribution in [3.8, 4) is 0 Å². The Kier molecular flexibility index (Phi) is 7.72. The van der Waals surface area contributed by atoms with Gasteiger partial charge in [0.05, 0.1) is 23.1 Å². The molecular weight excluding hydrogens is 534 g/mol. The van der Waals surface area contributed by atoms with E-state index < -0.39 is 0 Å². The molecule has 0 spiro atoms. The van der Waals surface area contributed by atoms with E-state index in [1.165, 1.54) is 16.2 Å². The van der Waals surface area contributed by atoms with Gasteiger partial charge in [0.15, 0.2) is 0 Å². The Labute approximate surface area is 236 Å². The van der Waals surface area contributed by atoms with Gasteiger partial charge in [-0.1, -0.05) is 60.4 Å². The molecule has 2 aliphatic heterocycles. The Morgan fingerprint density at radius 3 is 2.54 bits per heavy atom. The Hall–Kier alpha value is -3.70. The number of carbonyl (C=O) groups is 2. The van der Waals surface area contributed by atoms with E-state index in [2.05, 4.69) is 0 Å². The van der Waals surface area contributed by atoms with Crippen LogP contribution in [0, 0.1) is 6.92 Å². The highest BCUT2D eigenvalue weighted by atomic mass is 32.2. The molecule has 3 aromatic rings. The van der Waals surface area contributed by atoms with Gasteiger partial charge < -0.3 is 14.5 Å². The van der Waals surface area contributed by atoms with Gasteiger partial charge >= 0.3 is 6.09 Å². The van der Waals surface area contributed by atoms with Gasteiger partial charge in [0.25, 0.3) is 11.5 Å². The number of piperazine rings is 1. The quantitative estimate of drug-likeness (QED) is 0.337. The first kappa shape index (κ1) is 26.9. The molecule has 2 aromatic heterocycles. The first-order valence-electron chi connectivity index (χ1n) is 12.8. The van der Waals surface area contributed by atoms with Crippen LogP contribution in [0.15, 0.2) is 58.4 Å². The smallest absolute Gasteiger partial charge is 0.409 e. The van der Waals surface area contributed by atoms with E-state index in [1.54, 1.807) is 35.1 Å². The van der Waals surface area contributed by atoms with E-state index in [9.17, 15) is 14.4 Å². The summed E-state index contributed by atoms with van der Waals surface area (Å²) >= 11 is 6.79. The lowest BCUT2D eigenvalue weighted by Crippen LogP contribution is -2.49. The molecule has 2 saturated heterocycles. The molecule has 1 aromatic carbocycles. The SMILES string of the molecule is CCOC(=O)N1CCN(c2nc3c(C)cccn3c(=O)c2/C=C2\SC(=S)N(C(C)c3ccccc3)C2=O)CC1. The van der Waals surface area contributed by atoms with Gasteiger partial charge in [-0.2, -0.15) is 0 Å². The van der Waals surface area contributed by atoms with E-state index in [4.69, 9.17) is 21.9 Å². The number of anilines is 1. The molecule has 11 heteroatoms. The van der Waals surface area contributed by atoms with Crippen molar-refractivity contribution >= 4 is 57.8 Å². The summed E-state index contributed by atoms with van der Waals surface area (Å²) in [6.07, 6.45) is 2.95. The number of aryl methyl sites for hydroxylation is 1. The molecule has 2 fully saturated rings. The van der Waals surface area contributed by atoms with Crippen molar-refractivity contribution in [2.45, 2.75) is 26.8 Å². The molecule has 9 nitrogen and oxygen atoms in total. The molecule has 2 amide bonds. The Balaban J connectivity index is 1.53. The summed E-state index contributed by atoms with van der Waals surface area (Å²) in [7, 11) is 0. The molecule has 0 bridgehead atoms. The topological polar surface area (TPSA) is 87.5 Å². The molecule has 0 aliphatic carbocycles. The molecule has 1 unspecified atom stereocenters. The maximum atomic E-state index is 13.8. The highest BCUT2D eigenvalue weighted by Crippen LogP contribution is 2.38. The predicted molar refractivity (Wildman–Crippen MR) is 157 cm³/mol. The van der Waals surface area contributed by atoms with E-state index >= 15 is 0 Å². The first-order chi connectivity index (χ1) is 18.8. The van der Waals surface area contributed by atoms with Gasteiger partial charge in [-0.05, 0) is 44.0 Å². The van der Waals surface area contributed by atoms with Gasteiger partial charge in [0.2, 0.25) is 0 Å². The molecule has 39 heavy (non-hydrogen) atoms. The summed E-state index contributed by atoms with van der Waals surface area (Å²) < 4.78 is 7.09. The number of thiocarbonyl (C=S) groups is 1. The maximum Gasteiger partial charge on any atom is 0.409 e. The summed E-state index contributed by atoms with van der Waals surface area (Å²) in [6.45, 7) is 7.74. The number of rotatable bonds is 5. The van der Waals surface area contributed by atoms with Crippen molar-refractivity contribution < 1.29 is 14.3 Å². The van der Waals surface area contributed by atoms with Crippen LogP contribution in [0.5, 0.6) is 0 Å². The molecule has 202 valence electrons. The number of ether oxygens (including phenoxy) is 1. The minimum Gasteiger partial charge on any atom is -0.450 e. The molecular formula is C28H29N5O4S2. The number of carbonyl (C=O) groups excluding carboxylic acids is 2. The third kappa shape index (κ3) is 5.16. The van der Waals surface area contributed by atoms with Crippen LogP contribution in [0.2, 0.25) is 0 Å². The third-order valence-electron chi connectivity index (χ3n) is 6.94. The largest absolute Gasteiger partial charge is 0.450 e. The predicted octanol–water partition coefficient (Wildman–Crippen LogP) is 4.24. The molecule has 2 aliphatic rings. The standard InChI is InChI=1S/C28H29N5O4S2/c1-4-37-27(36)31-15-13-30(14-16-31)24-21(25(34)32-12-8-9-18(2)23(32)29-24)17-22-26(35)33(28(38)39-22)19(3)20-10-6-5-7-11-20/h5-12,17,19H,4,13-16H2,1-3H3/b22-17-. The second-order valence-corrected chi connectivity index (χ2v) is 11.0. The molecule has 0 N–H and O–H groups in total. The van der Waals surface area contributed by atoms with Gasteiger partial charge in [-0.25, -0.2) is 9.78 Å². The van der Waals surface area contributed by atoms with Crippen LogP contribution >= 0.6 is 24.0 Å². The fraction of sp³-hybridized carbons (Fsp3) is 0.321. The fourth-order valence-electron chi connectivity index (χ4n) is 4.81. The highest BCUT2D eigenvalue weighted by Gasteiger charge is 2.37. The second-order valence-electron chi connectivity index (χ2n) is 9.35. The van der Waals surface area contributed by atoms with E-state index in [1.807, 2.05) is 55.1 Å². The average molecular weight is 564 g/mol. The van der Waals surface area contributed by atoms with Crippen molar-refractivity contribution in [1.82, 2.24) is 19.2 Å². The Morgan fingerprint density at radius 2 is 1.85 bits per heavy atom. The van der Waals surface area contributed by atoms with Gasteiger partial charge in [-0.15, -0.1) is 0 Å². The summed E-state index contributed by atoms with van der Waals surface area (Å²) in [5, 5.41) is 0. The molecule has 0 radical (unpaired) electrons. The number of fused-ring (bicyclic) bond motifs is 1. The summed E-state index contributed by atoms with van der Waals surface area (Å²) in [6, 6.07) is 13.2. The zero-order valence-electron chi connectivity index (χ0n) is 22.0. The zero-order chi connectivity index (χ0) is 27.7. The van der Waals surface area contributed by atoms with Crippen LogP contribution < -0.4 is 10.5 Å². The number of benzene rings is 1. The minimum absolute atomic E-state index is 0.242. The van der Waals surface area contributed by atoms with Crippen LogP contribution in [-0.2, 0) is 9.53 Å². The van der Waals surface area contributed by atoms with Crippen molar-refractivity contribution in [3.63, 3.8) is 0 Å². The number of nitrogens with zero attached hydrogens (tertiary/aromatic N) is 5. The lowest BCUT2D eigenvalue weighted by molar-refractivity contribution is -0.123. The lowest BCUT2D eigenvalue weighted by atomic mass is 10.1. The van der Waals surface area contributed by atoms with Crippen LogP contribution in [0.1, 0.15) is 36.6 Å². The molecule has 4 heterocycles. The second kappa shape index (κ2) is 11.2. The lowest BCUT2D eigenvalue weighted by Gasteiger charge is -2.35. The van der Waals surface area contributed by atoms with Gasteiger partial charge in [0.1, 0.15) is 15.8 Å². The van der Waals surface area contributed by atoms with Crippen molar-refractivity contribution in [1.29, 1.82) is 0 Å². The van der Waals surface area contributed by atoms with E-state index in [-0.39, 0.29) is 23.6 Å². The number of pyridine rings is 1. The van der Waals surface area contributed by atoms with Crippen LogP contribution in [-0.4, -0.2) is 68.3 Å². The number of thioether (sulfide) groups is 1. The Bertz CT molecular complexity index is 1530. The molecule has 0 saturated carbocycles. The van der Waals surface area contributed by atoms with Crippen molar-refractivity contribution in [3.05, 3.63) is 80.6 Å². The summed E-state index contributed by atoms with van der Waals surface area (Å²) in [5.41, 5.74) is 2.42. The maximum absolute atomic E-state index is 13.8. The van der Waals surface area contributed by atoms with Crippen LogP contribution in [0.25, 0.3) is 11.7 Å². The average Bonchev–Trinajstić information content (AvgIpc) is 3.23. The monoisotopic (exact) mass is 563 g/mol. The summed E-state index contributed by atoms with van der Waals surface area (Å²) in [5.74, 6) is 0.243. The first-order valence-corrected chi connectivity index (χ1v) is 14.0. The van der Waals surface area contributed by atoms with Gasteiger partial charge in [-0.3, -0.25) is 18.9 Å². The van der Waals surface area contributed by atoms with E-state index in [0.29, 0.717) is 59.0 Å². The fourth-order valence-corrected chi connectivity index (χ4v) is 6.21. The normalized spacial score (nSPS) is 17.8. The number of aromatic nitrogens is 2. The van der Waals surface area contributed by atoms with Gasteiger partial charge in [0, 0.05) is 32.4 Å². The van der Waals surface area contributed by atoms with Crippen LogP contribution in [0.4, 0.5) is 10.6 Å². The number of hydrogen-bond acceptors (Lipinski definition) is 8. The Morgan fingerprint density at radius 1 is 1.13 bits per heavy atom. The third-order valence-corrected chi connectivity index (χ3v) is 8.27. The number of hydrogen-bond donors (Lipinski definition) is 0. The van der Waals surface area contributed by atoms with Crippen LogP contribution in [0.3, 0.4) is 0 Å². The number of amides is 2. The van der Waals surface area contributed by atoms with Crippen molar-refractivity contribution in [2.24, 2.45) is 0 Å². The molecule has 1 atom stereocenters. The minimum atomic E-state index is -0.351. The molecule has 5 rings (SSSR count). The van der Waals surface area contributed by atoms with Crippen molar-refractivity contribution in [2.75, 3.05) is 37.7 Å².